The Morgan fingerprint density at radius 3 is 2.70 bits per heavy atom. The van der Waals surface area contributed by atoms with Crippen LogP contribution in [0, 0.1) is 5.92 Å². The van der Waals surface area contributed by atoms with Crippen molar-refractivity contribution in [1.29, 1.82) is 0 Å². The summed E-state index contributed by atoms with van der Waals surface area (Å²) >= 11 is 7.45. The molecule has 1 aliphatic rings. The normalized spacial score (nSPS) is 17.1. The molecule has 3 aromatic rings. The van der Waals surface area contributed by atoms with Gasteiger partial charge in [-0.25, -0.2) is 0 Å². The van der Waals surface area contributed by atoms with E-state index in [-0.39, 0.29) is 11.8 Å². The molecule has 0 saturated carbocycles. The fourth-order valence-corrected chi connectivity index (χ4v) is 4.18. The Hall–Kier alpha value is -2.38. The number of rotatable bonds is 5. The van der Waals surface area contributed by atoms with Crippen LogP contribution >= 0.6 is 22.9 Å². The number of halogens is 1. The van der Waals surface area contributed by atoms with Gasteiger partial charge in [0.25, 0.3) is 0 Å². The van der Waals surface area contributed by atoms with Crippen LogP contribution < -0.4 is 10.2 Å². The molecule has 0 bridgehead atoms. The molecule has 1 fully saturated rings. The van der Waals surface area contributed by atoms with Gasteiger partial charge in [-0.3, -0.25) is 9.36 Å². The summed E-state index contributed by atoms with van der Waals surface area (Å²) in [7, 11) is 0. The summed E-state index contributed by atoms with van der Waals surface area (Å²) in [4.78, 5) is 14.8. The van der Waals surface area contributed by atoms with Crippen LogP contribution in [0.1, 0.15) is 18.4 Å². The van der Waals surface area contributed by atoms with Gasteiger partial charge in [0.15, 0.2) is 0 Å². The van der Waals surface area contributed by atoms with Crippen LogP contribution in [-0.2, 0) is 11.3 Å². The van der Waals surface area contributed by atoms with E-state index in [9.17, 15) is 4.79 Å². The Bertz CT molecular complexity index is 893. The first-order chi connectivity index (χ1) is 13.2. The molecular weight excluding hydrogens is 382 g/mol. The van der Waals surface area contributed by atoms with Gasteiger partial charge in [0, 0.05) is 37.1 Å². The number of anilines is 1. The molecule has 1 N–H and O–H groups in total. The van der Waals surface area contributed by atoms with Crippen molar-refractivity contribution in [1.82, 2.24) is 20.1 Å². The second kappa shape index (κ2) is 8.10. The Morgan fingerprint density at radius 1 is 1.19 bits per heavy atom. The molecule has 8 heteroatoms. The number of carbonyl (C=O) groups excluding carboxylic acids is 1. The van der Waals surface area contributed by atoms with E-state index >= 15 is 0 Å². The van der Waals surface area contributed by atoms with Gasteiger partial charge in [-0.2, -0.15) is 0 Å². The summed E-state index contributed by atoms with van der Waals surface area (Å²) in [6.45, 7) is 2.09. The Morgan fingerprint density at radius 2 is 1.93 bits per heavy atom. The first-order valence-electron chi connectivity index (χ1n) is 8.93. The van der Waals surface area contributed by atoms with Crippen LogP contribution in [-0.4, -0.2) is 33.8 Å². The zero-order valence-electron chi connectivity index (χ0n) is 14.7. The molecule has 1 aromatic carbocycles. The van der Waals surface area contributed by atoms with Crippen LogP contribution in [0.4, 0.5) is 5.13 Å². The Balaban J connectivity index is 1.36. The molecule has 140 valence electrons. The summed E-state index contributed by atoms with van der Waals surface area (Å²) in [5, 5.41) is 14.0. The molecule has 1 atom stereocenters. The van der Waals surface area contributed by atoms with Gasteiger partial charge in [0.05, 0.1) is 5.92 Å². The summed E-state index contributed by atoms with van der Waals surface area (Å²) < 4.78 is 1.95. The maximum absolute atomic E-state index is 12.6. The number of amides is 1. The molecule has 0 aliphatic carbocycles. The molecule has 0 spiro atoms. The van der Waals surface area contributed by atoms with Crippen LogP contribution in [0.15, 0.2) is 48.8 Å². The molecule has 1 amide bonds. The molecular formula is C19H20ClN5OS. The topological polar surface area (TPSA) is 63.1 Å². The number of benzene rings is 1. The van der Waals surface area contributed by atoms with Gasteiger partial charge < -0.3 is 10.2 Å². The van der Waals surface area contributed by atoms with E-state index in [1.807, 2.05) is 53.4 Å². The molecule has 1 aliphatic heterocycles. The molecule has 27 heavy (non-hydrogen) atoms. The standard InChI is InChI=1S/C19H20ClN5OS/c20-16-7-5-14(6-8-16)12-21-17(26)15-4-3-11-25(13-15)19-23-22-18(27-19)24-9-1-2-10-24/h1-2,5-10,15H,3-4,11-13H2,(H,21,26). The van der Waals surface area contributed by atoms with E-state index in [1.54, 1.807) is 11.3 Å². The summed E-state index contributed by atoms with van der Waals surface area (Å²) in [5.74, 6) is 0.0507. The largest absolute Gasteiger partial charge is 0.352 e. The van der Waals surface area contributed by atoms with Crippen molar-refractivity contribution >= 4 is 34.0 Å². The van der Waals surface area contributed by atoms with Crippen LogP contribution in [0.5, 0.6) is 0 Å². The monoisotopic (exact) mass is 401 g/mol. The lowest BCUT2D eigenvalue weighted by molar-refractivity contribution is -0.125. The van der Waals surface area contributed by atoms with Crippen molar-refractivity contribution in [3.05, 3.63) is 59.4 Å². The van der Waals surface area contributed by atoms with E-state index in [0.29, 0.717) is 18.1 Å². The highest BCUT2D eigenvalue weighted by atomic mass is 35.5. The predicted octanol–water partition coefficient (Wildman–Crippen LogP) is 3.52. The predicted molar refractivity (Wildman–Crippen MR) is 107 cm³/mol. The van der Waals surface area contributed by atoms with Crippen molar-refractivity contribution < 1.29 is 4.79 Å². The molecule has 1 unspecified atom stereocenters. The maximum atomic E-state index is 12.6. The van der Waals surface area contributed by atoms with Gasteiger partial charge in [0.1, 0.15) is 0 Å². The smallest absolute Gasteiger partial charge is 0.225 e. The number of nitrogens with zero attached hydrogens (tertiary/aromatic N) is 4. The SMILES string of the molecule is O=C(NCc1ccc(Cl)cc1)C1CCCN(c2nnc(-n3cccc3)s2)C1. The molecule has 6 nitrogen and oxygen atoms in total. The van der Waals surface area contributed by atoms with E-state index in [2.05, 4.69) is 20.4 Å². The van der Waals surface area contributed by atoms with Crippen molar-refractivity contribution in [2.24, 2.45) is 5.92 Å². The number of aromatic nitrogens is 3. The maximum Gasteiger partial charge on any atom is 0.225 e. The van der Waals surface area contributed by atoms with Crippen molar-refractivity contribution in [2.75, 3.05) is 18.0 Å². The van der Waals surface area contributed by atoms with Gasteiger partial charge in [-0.1, -0.05) is 35.1 Å². The fourth-order valence-electron chi connectivity index (χ4n) is 3.20. The zero-order chi connectivity index (χ0) is 18.6. The third kappa shape index (κ3) is 4.31. The summed E-state index contributed by atoms with van der Waals surface area (Å²) in [6.07, 6.45) is 5.77. The van der Waals surface area contributed by atoms with E-state index in [4.69, 9.17) is 11.6 Å². The van der Waals surface area contributed by atoms with Gasteiger partial charge in [-0.05, 0) is 42.7 Å². The molecule has 1 saturated heterocycles. The van der Waals surface area contributed by atoms with E-state index in [0.717, 1.165) is 35.2 Å². The van der Waals surface area contributed by atoms with Gasteiger partial charge in [0.2, 0.25) is 16.2 Å². The molecule has 4 rings (SSSR count). The van der Waals surface area contributed by atoms with Crippen molar-refractivity contribution in [2.45, 2.75) is 19.4 Å². The van der Waals surface area contributed by atoms with E-state index in [1.165, 1.54) is 0 Å². The number of hydrogen-bond donors (Lipinski definition) is 1. The molecule has 2 aromatic heterocycles. The second-order valence-electron chi connectivity index (χ2n) is 6.59. The molecule has 0 radical (unpaired) electrons. The highest BCUT2D eigenvalue weighted by Crippen LogP contribution is 2.28. The third-order valence-corrected chi connectivity index (χ3v) is 5.92. The average Bonchev–Trinajstić information content (AvgIpc) is 3.39. The summed E-state index contributed by atoms with van der Waals surface area (Å²) in [5.41, 5.74) is 1.04. The van der Waals surface area contributed by atoms with Crippen LogP contribution in [0.25, 0.3) is 5.13 Å². The highest BCUT2D eigenvalue weighted by molar-refractivity contribution is 7.17. The Labute approximate surface area is 166 Å². The number of nitrogens with one attached hydrogen (secondary N) is 1. The number of carbonyl (C=O) groups is 1. The number of hydrogen-bond acceptors (Lipinski definition) is 5. The first-order valence-corrected chi connectivity index (χ1v) is 10.1. The lowest BCUT2D eigenvalue weighted by atomic mass is 9.97. The summed E-state index contributed by atoms with van der Waals surface area (Å²) in [6, 6.07) is 11.5. The van der Waals surface area contributed by atoms with Crippen LogP contribution in [0.2, 0.25) is 5.02 Å². The lowest BCUT2D eigenvalue weighted by Gasteiger charge is -2.31. The zero-order valence-corrected chi connectivity index (χ0v) is 16.3. The van der Waals surface area contributed by atoms with Gasteiger partial charge >= 0.3 is 0 Å². The highest BCUT2D eigenvalue weighted by Gasteiger charge is 2.27. The first kappa shape index (κ1) is 18.0. The van der Waals surface area contributed by atoms with Crippen LogP contribution in [0.3, 0.4) is 0 Å². The van der Waals surface area contributed by atoms with Gasteiger partial charge in [-0.15, -0.1) is 10.2 Å². The third-order valence-electron chi connectivity index (χ3n) is 4.67. The Kier molecular flexibility index (Phi) is 5.40. The quantitative estimate of drug-likeness (QED) is 0.710. The van der Waals surface area contributed by atoms with E-state index < -0.39 is 0 Å². The van der Waals surface area contributed by atoms with Crippen molar-refractivity contribution in [3.8, 4) is 5.13 Å². The second-order valence-corrected chi connectivity index (χ2v) is 7.96. The number of piperidine rings is 1. The fraction of sp³-hybridized carbons (Fsp3) is 0.316. The minimum Gasteiger partial charge on any atom is -0.352 e. The lowest BCUT2D eigenvalue weighted by Crippen LogP contribution is -2.43. The average molecular weight is 402 g/mol. The minimum absolute atomic E-state index is 0.0371. The minimum atomic E-state index is -0.0371. The molecule has 3 heterocycles. The van der Waals surface area contributed by atoms with Crippen molar-refractivity contribution in [3.63, 3.8) is 0 Å².